The van der Waals surface area contributed by atoms with E-state index >= 15 is 0 Å². The normalized spacial score (nSPS) is 16.5. The van der Waals surface area contributed by atoms with E-state index in [1.165, 1.54) is 12.3 Å². The molecular formula is C23H22ClFN6O2. The fourth-order valence-electron chi connectivity index (χ4n) is 4.27. The number of hydrogen-bond acceptors (Lipinski definition) is 6. The highest BCUT2D eigenvalue weighted by molar-refractivity contribution is 6.31. The highest BCUT2D eigenvalue weighted by atomic mass is 35.5. The molecule has 1 aromatic carbocycles. The maximum Gasteiger partial charge on any atom is 0.247 e. The lowest BCUT2D eigenvalue weighted by Gasteiger charge is -2.41. The first kappa shape index (κ1) is 21.4. The quantitative estimate of drug-likeness (QED) is 0.451. The molecule has 1 amide bonds. The number of piperazine rings is 1. The average molecular weight is 469 g/mol. The first-order chi connectivity index (χ1) is 15.9. The molecule has 0 saturated carbocycles. The lowest BCUT2D eigenvalue weighted by atomic mass is 10.1. The largest absolute Gasteiger partial charge is 0.443 e. The molecule has 3 aromatic heterocycles. The van der Waals surface area contributed by atoms with Crippen LogP contribution in [-0.4, -0.2) is 56.2 Å². The molecule has 8 nitrogen and oxygen atoms in total. The van der Waals surface area contributed by atoms with Crippen LogP contribution in [0.15, 0.2) is 47.3 Å². The molecular weight excluding hydrogens is 447 g/mol. The van der Waals surface area contributed by atoms with Crippen LogP contribution in [0, 0.1) is 12.7 Å². The first-order valence-corrected chi connectivity index (χ1v) is 11.0. The number of carbonyl (C=O) groups excluding carboxylic acids is 1. The van der Waals surface area contributed by atoms with Crippen LogP contribution in [0.4, 0.5) is 10.1 Å². The van der Waals surface area contributed by atoms with Crippen LogP contribution in [0.25, 0.3) is 22.6 Å². The number of pyridine rings is 1. The van der Waals surface area contributed by atoms with Gasteiger partial charge in [-0.1, -0.05) is 11.6 Å². The number of oxazole rings is 1. The number of fused-ring (bicyclic) bond motifs is 1. The summed E-state index contributed by atoms with van der Waals surface area (Å²) in [5, 5.41) is 5.73. The van der Waals surface area contributed by atoms with E-state index in [0.717, 1.165) is 10.9 Å². The van der Waals surface area contributed by atoms with Gasteiger partial charge in [0.2, 0.25) is 11.8 Å². The van der Waals surface area contributed by atoms with E-state index in [4.69, 9.17) is 16.0 Å². The van der Waals surface area contributed by atoms with Crippen LogP contribution in [0.3, 0.4) is 0 Å². The van der Waals surface area contributed by atoms with Crippen molar-refractivity contribution >= 4 is 34.2 Å². The summed E-state index contributed by atoms with van der Waals surface area (Å²) in [6.07, 6.45) is 4.69. The van der Waals surface area contributed by atoms with Crippen molar-refractivity contribution < 1.29 is 13.6 Å². The summed E-state index contributed by atoms with van der Waals surface area (Å²) in [5.74, 6) is -0.0592. The van der Waals surface area contributed by atoms with Gasteiger partial charge >= 0.3 is 0 Å². The molecule has 0 aliphatic carbocycles. The van der Waals surface area contributed by atoms with Crippen LogP contribution >= 0.6 is 11.6 Å². The number of carbonyl (C=O) groups is 1. The fraction of sp³-hybridized carbons (Fsp3) is 0.304. The monoisotopic (exact) mass is 468 g/mol. The number of nitrogens with zero attached hydrogens (tertiary/aromatic N) is 6. The minimum Gasteiger partial charge on any atom is -0.443 e. The molecule has 170 valence electrons. The first-order valence-electron chi connectivity index (χ1n) is 10.6. The van der Waals surface area contributed by atoms with Gasteiger partial charge in [0, 0.05) is 36.9 Å². The third-order valence-electron chi connectivity index (χ3n) is 5.94. The topological polar surface area (TPSA) is 80.3 Å². The van der Waals surface area contributed by atoms with E-state index in [1.807, 2.05) is 30.9 Å². The summed E-state index contributed by atoms with van der Waals surface area (Å²) in [6.45, 7) is 5.36. The van der Waals surface area contributed by atoms with Crippen molar-refractivity contribution in [2.24, 2.45) is 0 Å². The van der Waals surface area contributed by atoms with Crippen LogP contribution in [0.1, 0.15) is 12.5 Å². The van der Waals surface area contributed by atoms with Crippen molar-refractivity contribution in [3.05, 3.63) is 59.3 Å². The summed E-state index contributed by atoms with van der Waals surface area (Å²) >= 11 is 6.04. The Balaban J connectivity index is 1.35. The lowest BCUT2D eigenvalue weighted by Crippen LogP contribution is -2.55. The Bertz CT molecular complexity index is 1320. The van der Waals surface area contributed by atoms with Crippen molar-refractivity contribution in [1.29, 1.82) is 0 Å². The predicted molar refractivity (Wildman–Crippen MR) is 123 cm³/mol. The molecule has 1 aliphatic heterocycles. The molecule has 1 atom stereocenters. The standard InChI is InChI=1S/C23H22ClFN6O2/c1-14-10-19(18(25)11-17(14)24)29-7-8-30(15(2)12-29)20(32)13-31-22-16(4-3-5-26-22)21(28-31)23-27-6-9-33-23/h3-6,9-11,15H,7-8,12-13H2,1-2H3/t15-/m0/s1. The zero-order valence-electron chi connectivity index (χ0n) is 18.2. The van der Waals surface area contributed by atoms with Crippen molar-refractivity contribution in [3.8, 4) is 11.6 Å². The van der Waals surface area contributed by atoms with Crippen molar-refractivity contribution in [2.45, 2.75) is 26.4 Å². The van der Waals surface area contributed by atoms with Crippen molar-refractivity contribution in [3.63, 3.8) is 0 Å². The zero-order chi connectivity index (χ0) is 23.1. The van der Waals surface area contributed by atoms with E-state index in [1.54, 1.807) is 28.0 Å². The molecule has 1 fully saturated rings. The maximum absolute atomic E-state index is 14.5. The van der Waals surface area contributed by atoms with Gasteiger partial charge in [-0.3, -0.25) is 4.79 Å². The van der Waals surface area contributed by atoms with Crippen molar-refractivity contribution in [1.82, 2.24) is 24.6 Å². The molecule has 4 heterocycles. The van der Waals surface area contributed by atoms with Gasteiger partial charge in [0.1, 0.15) is 18.6 Å². The summed E-state index contributed by atoms with van der Waals surface area (Å²) in [7, 11) is 0. The molecule has 33 heavy (non-hydrogen) atoms. The smallest absolute Gasteiger partial charge is 0.247 e. The molecule has 0 radical (unpaired) electrons. The van der Waals surface area contributed by atoms with E-state index in [-0.39, 0.29) is 24.3 Å². The number of benzene rings is 1. The average Bonchev–Trinajstić information content (AvgIpc) is 3.45. The Kier molecular flexibility index (Phi) is 5.49. The van der Waals surface area contributed by atoms with Gasteiger partial charge in [-0.15, -0.1) is 0 Å². The number of hydrogen-bond donors (Lipinski definition) is 0. The number of aryl methyl sites for hydroxylation is 1. The molecule has 0 unspecified atom stereocenters. The third kappa shape index (κ3) is 3.93. The lowest BCUT2D eigenvalue weighted by molar-refractivity contribution is -0.134. The number of halogens is 2. The number of anilines is 1. The Hall–Kier alpha value is -3.46. The Morgan fingerprint density at radius 1 is 1.27 bits per heavy atom. The van der Waals surface area contributed by atoms with Gasteiger partial charge in [0.05, 0.1) is 17.3 Å². The van der Waals surface area contributed by atoms with Crippen LogP contribution in [0.5, 0.6) is 0 Å². The fourth-order valence-corrected chi connectivity index (χ4v) is 4.42. The van der Waals surface area contributed by atoms with E-state index in [9.17, 15) is 9.18 Å². The minimum absolute atomic E-state index is 0.0347. The number of rotatable bonds is 4. The van der Waals surface area contributed by atoms with Crippen LogP contribution in [-0.2, 0) is 11.3 Å². The summed E-state index contributed by atoms with van der Waals surface area (Å²) in [6, 6.07) is 6.67. The highest BCUT2D eigenvalue weighted by Gasteiger charge is 2.30. The Labute approximate surface area is 194 Å². The van der Waals surface area contributed by atoms with Gasteiger partial charge in [-0.2, -0.15) is 5.10 Å². The summed E-state index contributed by atoms with van der Waals surface area (Å²) < 4.78 is 21.5. The van der Waals surface area contributed by atoms with Gasteiger partial charge in [0.15, 0.2) is 11.3 Å². The number of aromatic nitrogens is 4. The second kappa shape index (κ2) is 8.47. The molecule has 4 aromatic rings. The SMILES string of the molecule is Cc1cc(N2CCN(C(=O)Cn3nc(-c4ncco4)c4cccnc43)[C@@H](C)C2)c(F)cc1Cl. The molecule has 5 rings (SSSR count). The molecule has 10 heteroatoms. The second-order valence-corrected chi connectivity index (χ2v) is 8.56. The van der Waals surface area contributed by atoms with Gasteiger partial charge in [-0.25, -0.2) is 19.0 Å². The van der Waals surface area contributed by atoms with Gasteiger partial charge < -0.3 is 14.2 Å². The second-order valence-electron chi connectivity index (χ2n) is 8.15. The van der Waals surface area contributed by atoms with Gasteiger partial charge in [-0.05, 0) is 43.7 Å². The summed E-state index contributed by atoms with van der Waals surface area (Å²) in [5.41, 5.74) is 2.46. The molecule has 0 bridgehead atoms. The predicted octanol–water partition coefficient (Wildman–Crippen LogP) is 3.92. The highest BCUT2D eigenvalue weighted by Crippen LogP contribution is 2.29. The summed E-state index contributed by atoms with van der Waals surface area (Å²) in [4.78, 5) is 25.6. The molecule has 0 spiro atoms. The number of amides is 1. The Morgan fingerprint density at radius 3 is 2.88 bits per heavy atom. The van der Waals surface area contributed by atoms with Crippen LogP contribution < -0.4 is 4.90 Å². The zero-order valence-corrected chi connectivity index (χ0v) is 19.0. The van der Waals surface area contributed by atoms with Gasteiger partial charge in [0.25, 0.3) is 0 Å². The molecule has 0 N–H and O–H groups in total. The van der Waals surface area contributed by atoms with Crippen molar-refractivity contribution in [2.75, 3.05) is 24.5 Å². The minimum atomic E-state index is -0.356. The van der Waals surface area contributed by atoms with E-state index in [2.05, 4.69) is 15.1 Å². The van der Waals surface area contributed by atoms with E-state index in [0.29, 0.717) is 47.6 Å². The maximum atomic E-state index is 14.5. The van der Waals surface area contributed by atoms with E-state index < -0.39 is 0 Å². The van der Waals surface area contributed by atoms with Crippen LogP contribution in [0.2, 0.25) is 5.02 Å². The molecule has 1 aliphatic rings. The Morgan fingerprint density at radius 2 is 2.12 bits per heavy atom. The molecule has 1 saturated heterocycles. The third-order valence-corrected chi connectivity index (χ3v) is 6.35.